The predicted molar refractivity (Wildman–Crippen MR) is 98.6 cm³/mol. The van der Waals surface area contributed by atoms with Gasteiger partial charge in [-0.3, -0.25) is 14.8 Å². The highest BCUT2D eigenvalue weighted by molar-refractivity contribution is 5.27. The Balaban J connectivity index is 1.40. The first kappa shape index (κ1) is 17.9. The second-order valence-electron chi connectivity index (χ2n) is 6.44. The summed E-state index contributed by atoms with van der Waals surface area (Å²) in [5.41, 5.74) is 2.37. The Morgan fingerprint density at radius 3 is 2.60 bits per heavy atom. The van der Waals surface area contributed by atoms with E-state index in [4.69, 9.17) is 9.47 Å². The lowest BCUT2D eigenvalue weighted by Crippen LogP contribution is -2.38. The topological polar surface area (TPSA) is 37.8 Å². The van der Waals surface area contributed by atoms with Crippen molar-refractivity contribution in [3.63, 3.8) is 0 Å². The summed E-state index contributed by atoms with van der Waals surface area (Å²) in [6, 6.07) is 14.4. The fourth-order valence-electron chi connectivity index (χ4n) is 2.94. The summed E-state index contributed by atoms with van der Waals surface area (Å²) >= 11 is 0. The molecule has 134 valence electrons. The van der Waals surface area contributed by atoms with Crippen LogP contribution in [0.4, 0.5) is 0 Å². The van der Waals surface area contributed by atoms with E-state index >= 15 is 0 Å². The lowest BCUT2D eigenvalue weighted by molar-refractivity contribution is 0.0322. The second kappa shape index (κ2) is 9.51. The van der Waals surface area contributed by atoms with Crippen LogP contribution in [0.15, 0.2) is 48.7 Å². The number of pyridine rings is 1. The molecule has 0 radical (unpaired) electrons. The van der Waals surface area contributed by atoms with Crippen molar-refractivity contribution < 1.29 is 9.47 Å². The molecule has 1 aromatic carbocycles. The largest absolute Gasteiger partial charge is 0.492 e. The molecule has 5 nitrogen and oxygen atoms in total. The van der Waals surface area contributed by atoms with Crippen LogP contribution in [0.2, 0.25) is 0 Å². The van der Waals surface area contributed by atoms with Gasteiger partial charge < -0.3 is 9.47 Å². The van der Waals surface area contributed by atoms with E-state index in [1.165, 1.54) is 5.56 Å². The molecule has 0 spiro atoms. The zero-order valence-electron chi connectivity index (χ0n) is 14.9. The number of nitrogens with zero attached hydrogens (tertiary/aromatic N) is 3. The molecule has 3 rings (SSSR count). The van der Waals surface area contributed by atoms with Crippen LogP contribution in [0, 0.1) is 0 Å². The summed E-state index contributed by atoms with van der Waals surface area (Å²) in [4.78, 5) is 9.01. The van der Waals surface area contributed by atoms with Crippen molar-refractivity contribution in [1.29, 1.82) is 0 Å². The molecule has 2 aromatic rings. The van der Waals surface area contributed by atoms with E-state index in [0.29, 0.717) is 0 Å². The van der Waals surface area contributed by atoms with Crippen molar-refractivity contribution in [2.75, 3.05) is 46.5 Å². The van der Waals surface area contributed by atoms with Crippen LogP contribution in [-0.2, 0) is 17.8 Å². The van der Waals surface area contributed by atoms with E-state index in [-0.39, 0.29) is 0 Å². The summed E-state index contributed by atoms with van der Waals surface area (Å²) in [6.07, 6.45) is 1.84. The predicted octanol–water partition coefficient (Wildman–Crippen LogP) is 2.42. The smallest absolute Gasteiger partial charge is 0.119 e. The van der Waals surface area contributed by atoms with E-state index in [1.54, 1.807) is 0 Å². The maximum atomic E-state index is 5.86. The van der Waals surface area contributed by atoms with Crippen molar-refractivity contribution in [1.82, 2.24) is 14.8 Å². The molecule has 0 bridgehead atoms. The Morgan fingerprint density at radius 2 is 1.88 bits per heavy atom. The molecule has 0 saturated carbocycles. The van der Waals surface area contributed by atoms with Crippen molar-refractivity contribution in [2.24, 2.45) is 0 Å². The van der Waals surface area contributed by atoms with Crippen molar-refractivity contribution in [2.45, 2.75) is 13.1 Å². The summed E-state index contributed by atoms with van der Waals surface area (Å²) in [6.45, 7) is 7.09. The first-order valence-electron chi connectivity index (χ1n) is 8.90. The average molecular weight is 341 g/mol. The van der Waals surface area contributed by atoms with Crippen LogP contribution >= 0.6 is 0 Å². The first-order chi connectivity index (χ1) is 12.3. The maximum Gasteiger partial charge on any atom is 0.119 e. The third-order valence-corrected chi connectivity index (χ3v) is 4.31. The molecule has 5 heteroatoms. The zero-order valence-corrected chi connectivity index (χ0v) is 14.9. The van der Waals surface area contributed by atoms with Gasteiger partial charge in [0.25, 0.3) is 0 Å². The molecule has 1 saturated heterocycles. The van der Waals surface area contributed by atoms with E-state index < -0.39 is 0 Å². The van der Waals surface area contributed by atoms with E-state index in [2.05, 4.69) is 52.2 Å². The Labute approximate surface area is 150 Å². The van der Waals surface area contributed by atoms with Crippen LogP contribution in [0.5, 0.6) is 5.75 Å². The van der Waals surface area contributed by atoms with Gasteiger partial charge >= 0.3 is 0 Å². The van der Waals surface area contributed by atoms with Crippen molar-refractivity contribution in [3.05, 3.63) is 59.9 Å². The molecule has 1 aliphatic heterocycles. The van der Waals surface area contributed by atoms with Gasteiger partial charge in [-0.2, -0.15) is 0 Å². The fraction of sp³-hybridized carbons (Fsp3) is 0.450. The van der Waals surface area contributed by atoms with Crippen LogP contribution in [0.1, 0.15) is 11.3 Å². The zero-order chi connectivity index (χ0) is 17.3. The SMILES string of the molecule is CN(Cc1ccc(OCCN2CCOCC2)cc1)Cc1ccccn1. The van der Waals surface area contributed by atoms with E-state index in [9.17, 15) is 0 Å². The lowest BCUT2D eigenvalue weighted by atomic mass is 10.2. The molecule has 0 N–H and O–H groups in total. The van der Waals surface area contributed by atoms with Crippen LogP contribution < -0.4 is 4.74 Å². The van der Waals surface area contributed by atoms with Gasteiger partial charge in [0.2, 0.25) is 0 Å². The van der Waals surface area contributed by atoms with Gasteiger partial charge in [-0.15, -0.1) is 0 Å². The Morgan fingerprint density at radius 1 is 1.08 bits per heavy atom. The number of ether oxygens (including phenoxy) is 2. The van der Waals surface area contributed by atoms with Gasteiger partial charge in [-0.05, 0) is 36.9 Å². The number of aromatic nitrogens is 1. The van der Waals surface area contributed by atoms with Gasteiger partial charge in [0, 0.05) is 38.9 Å². The molecule has 25 heavy (non-hydrogen) atoms. The molecule has 1 aliphatic rings. The number of morpholine rings is 1. The minimum Gasteiger partial charge on any atom is -0.492 e. The number of benzene rings is 1. The lowest BCUT2D eigenvalue weighted by Gasteiger charge is -2.26. The Kier molecular flexibility index (Phi) is 6.79. The van der Waals surface area contributed by atoms with E-state index in [0.717, 1.165) is 64.0 Å². The number of hydrogen-bond acceptors (Lipinski definition) is 5. The molecule has 0 amide bonds. The third kappa shape index (κ3) is 6.12. The standard InChI is InChI=1S/C20H27N3O2/c1-22(17-19-4-2-3-9-21-19)16-18-5-7-20(8-6-18)25-15-12-23-10-13-24-14-11-23/h2-9H,10-17H2,1H3. The number of hydrogen-bond donors (Lipinski definition) is 0. The van der Waals surface area contributed by atoms with Gasteiger partial charge in [-0.25, -0.2) is 0 Å². The summed E-state index contributed by atoms with van der Waals surface area (Å²) in [7, 11) is 2.11. The van der Waals surface area contributed by atoms with Crippen LogP contribution in [-0.4, -0.2) is 61.3 Å². The van der Waals surface area contributed by atoms with Gasteiger partial charge in [0.15, 0.2) is 0 Å². The Hall–Kier alpha value is -1.95. The highest BCUT2D eigenvalue weighted by Gasteiger charge is 2.09. The quantitative estimate of drug-likeness (QED) is 0.737. The summed E-state index contributed by atoms with van der Waals surface area (Å²) < 4.78 is 11.2. The van der Waals surface area contributed by atoms with Gasteiger partial charge in [0.05, 0.1) is 18.9 Å². The highest BCUT2D eigenvalue weighted by Crippen LogP contribution is 2.14. The highest BCUT2D eigenvalue weighted by atomic mass is 16.5. The summed E-state index contributed by atoms with van der Waals surface area (Å²) in [5, 5.41) is 0. The molecular weight excluding hydrogens is 314 g/mol. The monoisotopic (exact) mass is 341 g/mol. The van der Waals surface area contributed by atoms with Crippen molar-refractivity contribution >= 4 is 0 Å². The minimum atomic E-state index is 0.721. The molecule has 0 aliphatic carbocycles. The molecule has 1 aromatic heterocycles. The van der Waals surface area contributed by atoms with Crippen molar-refractivity contribution in [3.8, 4) is 5.75 Å². The van der Waals surface area contributed by atoms with Gasteiger partial charge in [-0.1, -0.05) is 18.2 Å². The number of rotatable bonds is 8. The Bertz CT molecular complexity index is 613. The molecule has 0 atom stereocenters. The molecule has 0 unspecified atom stereocenters. The molecule has 1 fully saturated rings. The third-order valence-electron chi connectivity index (χ3n) is 4.31. The molecule has 2 heterocycles. The van der Waals surface area contributed by atoms with Crippen LogP contribution in [0.3, 0.4) is 0 Å². The average Bonchev–Trinajstić information content (AvgIpc) is 2.65. The maximum absolute atomic E-state index is 5.86. The first-order valence-corrected chi connectivity index (χ1v) is 8.90. The minimum absolute atomic E-state index is 0.721. The van der Waals surface area contributed by atoms with Gasteiger partial charge in [0.1, 0.15) is 12.4 Å². The van der Waals surface area contributed by atoms with Crippen LogP contribution in [0.25, 0.3) is 0 Å². The normalized spacial score (nSPS) is 15.4. The summed E-state index contributed by atoms with van der Waals surface area (Å²) in [5.74, 6) is 0.935. The fourth-order valence-corrected chi connectivity index (χ4v) is 2.94. The molecular formula is C20H27N3O2. The second-order valence-corrected chi connectivity index (χ2v) is 6.44. The van der Waals surface area contributed by atoms with E-state index in [1.807, 2.05) is 18.3 Å².